The number of benzene rings is 2. The Bertz CT molecular complexity index is 658. The minimum atomic E-state index is -0.659. The number of hydrogen-bond acceptors (Lipinski definition) is 6. The summed E-state index contributed by atoms with van der Waals surface area (Å²) >= 11 is 0. The lowest BCUT2D eigenvalue weighted by Crippen LogP contribution is -2.07. The summed E-state index contributed by atoms with van der Waals surface area (Å²) in [6.45, 7) is 4.44. The van der Waals surface area contributed by atoms with Crippen molar-refractivity contribution in [1.82, 2.24) is 0 Å². The molecule has 0 aromatic heterocycles. The van der Waals surface area contributed by atoms with Crippen LogP contribution in [0.15, 0.2) is 48.5 Å². The van der Waals surface area contributed by atoms with Gasteiger partial charge in [-0.1, -0.05) is 48.5 Å². The number of ether oxygens (including phenoxy) is 4. The van der Waals surface area contributed by atoms with Gasteiger partial charge < -0.3 is 18.9 Å². The monoisotopic (exact) mass is 372 g/mol. The highest BCUT2D eigenvalue weighted by molar-refractivity contribution is 5.60. The van der Waals surface area contributed by atoms with Crippen LogP contribution in [0.4, 0.5) is 9.59 Å². The average Bonchev–Trinajstić information content (AvgIpc) is 2.67. The number of hydrogen-bond donors (Lipinski definition) is 0. The summed E-state index contributed by atoms with van der Waals surface area (Å²) in [6, 6.07) is 15.7. The maximum absolute atomic E-state index is 11.2. The van der Waals surface area contributed by atoms with Crippen molar-refractivity contribution in [2.75, 3.05) is 13.2 Å². The van der Waals surface area contributed by atoms with Crippen LogP contribution in [0.3, 0.4) is 0 Å². The van der Waals surface area contributed by atoms with E-state index in [4.69, 9.17) is 18.9 Å². The van der Waals surface area contributed by atoms with Crippen molar-refractivity contribution >= 4 is 12.3 Å². The molecule has 0 aliphatic rings. The molecule has 0 atom stereocenters. The summed E-state index contributed by atoms with van der Waals surface area (Å²) in [6.07, 6.45) is -0.542. The maximum Gasteiger partial charge on any atom is 0.508 e. The Morgan fingerprint density at radius 2 is 0.926 bits per heavy atom. The Morgan fingerprint density at radius 3 is 1.26 bits per heavy atom. The first-order chi connectivity index (χ1) is 13.1. The Balaban J connectivity index is 1.82. The minimum Gasteiger partial charge on any atom is -0.435 e. The van der Waals surface area contributed by atoms with E-state index in [1.165, 1.54) is 0 Å². The zero-order valence-corrected chi connectivity index (χ0v) is 15.6. The number of rotatable bonds is 8. The molecule has 0 aliphatic carbocycles. The Morgan fingerprint density at radius 1 is 0.593 bits per heavy atom. The van der Waals surface area contributed by atoms with Crippen molar-refractivity contribution in [2.45, 2.75) is 33.5 Å². The first-order valence-corrected chi connectivity index (χ1v) is 8.85. The second-order valence-corrected chi connectivity index (χ2v) is 5.75. The van der Waals surface area contributed by atoms with Gasteiger partial charge in [0.15, 0.2) is 0 Å². The third-order valence-electron chi connectivity index (χ3n) is 3.69. The van der Waals surface area contributed by atoms with Crippen LogP contribution in [0.1, 0.15) is 36.1 Å². The first kappa shape index (κ1) is 20.3. The lowest BCUT2D eigenvalue weighted by Gasteiger charge is -2.07. The summed E-state index contributed by atoms with van der Waals surface area (Å²) in [7, 11) is 0. The van der Waals surface area contributed by atoms with Crippen molar-refractivity contribution in [3.8, 4) is 0 Å². The standard InChI is InChI=1S/C21H24O6/c1-3-24-20(22)26-14-18-9-5-16(6-10-18)13-17-7-11-19(12-8-17)15-27-21(23)25-4-2/h5-12H,3-4,13-15H2,1-2H3. The minimum absolute atomic E-state index is 0.189. The molecule has 2 rings (SSSR count). The van der Waals surface area contributed by atoms with E-state index < -0.39 is 12.3 Å². The highest BCUT2D eigenvalue weighted by Crippen LogP contribution is 2.13. The lowest BCUT2D eigenvalue weighted by atomic mass is 10.0. The van der Waals surface area contributed by atoms with Crippen LogP contribution in [-0.2, 0) is 38.6 Å². The molecule has 0 fully saturated rings. The van der Waals surface area contributed by atoms with Crippen LogP contribution in [0.2, 0.25) is 0 Å². The molecule has 2 aromatic carbocycles. The van der Waals surface area contributed by atoms with E-state index in [0.29, 0.717) is 13.2 Å². The SMILES string of the molecule is CCOC(=O)OCc1ccc(Cc2ccc(COC(=O)OCC)cc2)cc1. The first-order valence-electron chi connectivity index (χ1n) is 8.85. The van der Waals surface area contributed by atoms with Crippen molar-refractivity contribution in [3.05, 3.63) is 70.8 Å². The topological polar surface area (TPSA) is 71.1 Å². The van der Waals surface area contributed by atoms with Gasteiger partial charge in [0.1, 0.15) is 13.2 Å². The van der Waals surface area contributed by atoms with Crippen molar-refractivity contribution < 1.29 is 28.5 Å². The zero-order chi connectivity index (χ0) is 19.5. The van der Waals surface area contributed by atoms with E-state index >= 15 is 0 Å². The fraction of sp³-hybridized carbons (Fsp3) is 0.333. The molecule has 0 aliphatic heterocycles. The predicted octanol–water partition coefficient (Wildman–Crippen LogP) is 4.62. The van der Waals surface area contributed by atoms with Crippen LogP contribution >= 0.6 is 0 Å². The summed E-state index contributed by atoms with van der Waals surface area (Å²) < 4.78 is 19.4. The van der Waals surface area contributed by atoms with Gasteiger partial charge >= 0.3 is 12.3 Å². The molecular weight excluding hydrogens is 348 g/mol. The maximum atomic E-state index is 11.2. The Kier molecular flexibility index (Phi) is 8.16. The van der Waals surface area contributed by atoms with E-state index in [2.05, 4.69) is 0 Å². The van der Waals surface area contributed by atoms with Crippen molar-refractivity contribution in [2.24, 2.45) is 0 Å². The molecule has 0 spiro atoms. The molecule has 144 valence electrons. The van der Waals surface area contributed by atoms with Gasteiger partial charge in [0.2, 0.25) is 0 Å². The van der Waals surface area contributed by atoms with Crippen LogP contribution in [0.5, 0.6) is 0 Å². The van der Waals surface area contributed by atoms with Gasteiger partial charge in [-0.05, 0) is 42.5 Å². The average molecular weight is 372 g/mol. The third-order valence-corrected chi connectivity index (χ3v) is 3.69. The molecule has 0 bridgehead atoms. The quantitative estimate of drug-likeness (QED) is 0.630. The molecule has 0 saturated heterocycles. The van der Waals surface area contributed by atoms with Crippen LogP contribution in [-0.4, -0.2) is 25.5 Å². The van der Waals surface area contributed by atoms with Crippen molar-refractivity contribution in [1.29, 1.82) is 0 Å². The van der Waals surface area contributed by atoms with Crippen LogP contribution < -0.4 is 0 Å². The third kappa shape index (κ3) is 7.40. The second-order valence-electron chi connectivity index (χ2n) is 5.75. The highest BCUT2D eigenvalue weighted by atomic mass is 16.7. The molecule has 0 saturated carbocycles. The van der Waals surface area contributed by atoms with E-state index in [1.807, 2.05) is 48.5 Å². The van der Waals surface area contributed by atoms with E-state index in [0.717, 1.165) is 28.7 Å². The van der Waals surface area contributed by atoms with Gasteiger partial charge in [0.25, 0.3) is 0 Å². The molecule has 0 heterocycles. The fourth-order valence-electron chi connectivity index (χ4n) is 2.35. The molecule has 0 N–H and O–H groups in total. The van der Waals surface area contributed by atoms with E-state index in [1.54, 1.807) is 13.8 Å². The molecule has 2 aromatic rings. The van der Waals surface area contributed by atoms with Gasteiger partial charge in [-0.25, -0.2) is 9.59 Å². The summed E-state index contributed by atoms with van der Waals surface area (Å²) in [5.41, 5.74) is 4.09. The van der Waals surface area contributed by atoms with Gasteiger partial charge in [0.05, 0.1) is 13.2 Å². The summed E-state index contributed by atoms with van der Waals surface area (Å²) in [5.74, 6) is 0. The largest absolute Gasteiger partial charge is 0.508 e. The van der Waals surface area contributed by atoms with E-state index in [-0.39, 0.29) is 13.2 Å². The Labute approximate surface area is 159 Å². The van der Waals surface area contributed by atoms with Crippen LogP contribution in [0.25, 0.3) is 0 Å². The molecule has 27 heavy (non-hydrogen) atoms. The zero-order valence-electron chi connectivity index (χ0n) is 15.6. The van der Waals surface area contributed by atoms with Gasteiger partial charge in [-0.15, -0.1) is 0 Å². The molecular formula is C21H24O6. The number of carbonyl (C=O) groups is 2. The molecule has 0 amide bonds. The fourth-order valence-corrected chi connectivity index (χ4v) is 2.35. The smallest absolute Gasteiger partial charge is 0.435 e. The van der Waals surface area contributed by atoms with Gasteiger partial charge in [-0.2, -0.15) is 0 Å². The predicted molar refractivity (Wildman–Crippen MR) is 99.3 cm³/mol. The van der Waals surface area contributed by atoms with Gasteiger partial charge in [-0.3, -0.25) is 0 Å². The number of carbonyl (C=O) groups excluding carboxylic acids is 2. The molecule has 6 nitrogen and oxygen atoms in total. The molecule has 0 radical (unpaired) electrons. The molecule has 6 heteroatoms. The molecule has 0 unspecified atom stereocenters. The van der Waals surface area contributed by atoms with Crippen molar-refractivity contribution in [3.63, 3.8) is 0 Å². The highest BCUT2D eigenvalue weighted by Gasteiger charge is 2.05. The van der Waals surface area contributed by atoms with E-state index in [9.17, 15) is 9.59 Å². The summed E-state index contributed by atoms with van der Waals surface area (Å²) in [4.78, 5) is 22.4. The van der Waals surface area contributed by atoms with Crippen LogP contribution in [0, 0.1) is 0 Å². The second kappa shape index (κ2) is 10.9. The van der Waals surface area contributed by atoms with Gasteiger partial charge in [0, 0.05) is 0 Å². The summed E-state index contributed by atoms with van der Waals surface area (Å²) in [5, 5.41) is 0. The lowest BCUT2D eigenvalue weighted by molar-refractivity contribution is 0.0527. The normalized spacial score (nSPS) is 10.1. The Hall–Kier alpha value is -3.02.